The fourth-order valence-electron chi connectivity index (χ4n) is 7.68. The number of nitrogens with zero attached hydrogens (tertiary/aromatic N) is 3. The average Bonchev–Trinajstić information content (AvgIpc) is 3.28. The van der Waals surface area contributed by atoms with E-state index in [4.69, 9.17) is 37.1 Å². The fourth-order valence-corrected chi connectivity index (χ4v) is 8.69. The van der Waals surface area contributed by atoms with Gasteiger partial charge in [-0.05, 0) is 62.1 Å². The topological polar surface area (TPSA) is 404 Å². The number of hydrogen-bond donors (Lipinski definition) is 9. The van der Waals surface area contributed by atoms with Gasteiger partial charge in [-0.15, -0.1) is 0 Å². The molecule has 27 nitrogen and oxygen atoms in total. The number of nitrogens with one attached hydrogen (secondary N) is 4. The highest BCUT2D eigenvalue weighted by molar-refractivity contribution is 7.81. The molecule has 0 spiro atoms. The van der Waals surface area contributed by atoms with E-state index < -0.39 is 135 Å². The van der Waals surface area contributed by atoms with E-state index in [1.807, 2.05) is 5.32 Å². The molecule has 2 bridgehead atoms. The largest absolute Gasteiger partial charge is 0.495 e. The molecule has 1 aromatic carbocycles. The molecule has 2 aliphatic heterocycles. The number of benzene rings is 1. The van der Waals surface area contributed by atoms with Gasteiger partial charge in [0.05, 0.1) is 12.1 Å². The van der Waals surface area contributed by atoms with Crippen LogP contribution in [0.1, 0.15) is 78.7 Å². The molecular formula is C41H64ClN9O18S2. The van der Waals surface area contributed by atoms with Gasteiger partial charge in [-0.25, -0.2) is 13.2 Å². The number of rotatable bonds is 18. The Morgan fingerprint density at radius 2 is 1.61 bits per heavy atom. The van der Waals surface area contributed by atoms with E-state index in [2.05, 4.69) is 29.3 Å². The van der Waals surface area contributed by atoms with Crippen molar-refractivity contribution < 1.29 is 82.4 Å². The third kappa shape index (κ3) is 17.4. The number of likely N-dealkylation sites (N-methyl/N-ethyl adjacent to an activating group) is 1. The zero-order valence-electron chi connectivity index (χ0n) is 40.1. The van der Waals surface area contributed by atoms with Crippen LogP contribution >= 0.6 is 11.6 Å². The Morgan fingerprint density at radius 1 is 0.958 bits per heavy atom. The van der Waals surface area contributed by atoms with Crippen molar-refractivity contribution in [3.63, 3.8) is 0 Å². The number of cyclic esters (lactones) is 1. The molecule has 2 aliphatic rings. The van der Waals surface area contributed by atoms with Gasteiger partial charge in [0.2, 0.25) is 29.5 Å². The zero-order chi connectivity index (χ0) is 53.7. The molecule has 3 rings (SSSR count). The van der Waals surface area contributed by atoms with Crippen LogP contribution in [-0.2, 0) is 73.9 Å². The maximum atomic E-state index is 15.0. The smallest absolute Gasteiger partial charge is 0.398 e. The van der Waals surface area contributed by atoms with Crippen molar-refractivity contribution in [3.05, 3.63) is 28.8 Å². The first-order valence-corrected chi connectivity index (χ1v) is 25.5. The second-order valence-electron chi connectivity index (χ2n) is 17.1. The lowest BCUT2D eigenvalue weighted by atomic mass is 9.91. The van der Waals surface area contributed by atoms with E-state index in [0.29, 0.717) is 11.3 Å². The Morgan fingerprint density at radius 3 is 2.17 bits per heavy atom. The van der Waals surface area contributed by atoms with Gasteiger partial charge in [-0.3, -0.25) is 42.9 Å². The van der Waals surface area contributed by atoms with Gasteiger partial charge in [0.1, 0.15) is 60.9 Å². The highest BCUT2D eigenvalue weighted by Crippen LogP contribution is 2.29. The van der Waals surface area contributed by atoms with E-state index in [1.54, 1.807) is 33.8 Å². The Balaban J connectivity index is 2.32. The van der Waals surface area contributed by atoms with E-state index in [9.17, 15) is 60.1 Å². The number of nitrogens with two attached hydrogens (primary N) is 2. The Kier molecular flexibility index (Phi) is 22.2. The van der Waals surface area contributed by atoms with Crippen LogP contribution in [0.5, 0.6) is 5.75 Å². The molecule has 30 heteroatoms. The number of carbonyl (C=O) groups is 7. The van der Waals surface area contributed by atoms with Crippen molar-refractivity contribution >= 4 is 79.8 Å². The highest BCUT2D eigenvalue weighted by Gasteiger charge is 2.47. The summed E-state index contributed by atoms with van der Waals surface area (Å²) in [5.41, 5.74) is 11.3. The molecule has 1 aromatic rings. The van der Waals surface area contributed by atoms with E-state index in [-0.39, 0.29) is 62.5 Å². The molecule has 0 radical (unpaired) electrons. The molecule has 11 atom stereocenters. The number of halogens is 1. The van der Waals surface area contributed by atoms with Gasteiger partial charge < -0.3 is 57.1 Å². The molecule has 2 fully saturated rings. The number of esters is 1. The molecule has 6 amide bonds. The van der Waals surface area contributed by atoms with Gasteiger partial charge >= 0.3 is 26.8 Å². The molecular weight excluding hydrogens is 1010 g/mol. The van der Waals surface area contributed by atoms with Crippen LogP contribution in [0.3, 0.4) is 0 Å². The van der Waals surface area contributed by atoms with Crippen molar-refractivity contribution in [1.82, 2.24) is 31.1 Å². The third-order valence-electron chi connectivity index (χ3n) is 12.0. The highest BCUT2D eigenvalue weighted by atomic mass is 35.5. The lowest BCUT2D eigenvalue weighted by molar-refractivity contribution is -0.168. The molecule has 2 heterocycles. The first-order chi connectivity index (χ1) is 33.0. The van der Waals surface area contributed by atoms with Gasteiger partial charge in [-0.1, -0.05) is 58.2 Å². The number of aliphatic hydroxyl groups is 1. The summed E-state index contributed by atoms with van der Waals surface area (Å²) in [6, 6.07) is -5.13. The maximum Gasteiger partial charge on any atom is 0.398 e. The predicted octanol–water partition coefficient (Wildman–Crippen LogP) is -1.93. The third-order valence-corrected chi connectivity index (χ3v) is 13.2. The number of fused-ring (bicyclic) bond motifs is 2. The molecule has 400 valence electrons. The summed E-state index contributed by atoms with van der Waals surface area (Å²) in [7, 11) is -8.30. The van der Waals surface area contributed by atoms with Crippen LogP contribution in [0.4, 0.5) is 0 Å². The first-order valence-electron chi connectivity index (χ1n) is 22.4. The summed E-state index contributed by atoms with van der Waals surface area (Å²) in [6.07, 6.45) is -6.45. The summed E-state index contributed by atoms with van der Waals surface area (Å²) in [5, 5.41) is 21.2. The number of piperidine rings is 1. The summed E-state index contributed by atoms with van der Waals surface area (Å²) in [4.78, 5) is 107. The molecule has 0 aliphatic carbocycles. The number of aliphatic imine (C=N–C) groups is 1. The molecule has 0 aromatic heterocycles. The quantitative estimate of drug-likeness (QED) is 0.0254. The average molecular weight is 1070 g/mol. The van der Waals surface area contributed by atoms with Gasteiger partial charge in [0.15, 0.2) is 12.1 Å². The minimum atomic E-state index is -5.60. The number of hydrogen-bond acceptors (Lipinski definition) is 17. The van der Waals surface area contributed by atoms with E-state index in [1.165, 1.54) is 26.3 Å². The Hall–Kier alpha value is -5.43. The number of aliphatic hydroxyl groups excluding tert-OH is 1. The molecule has 0 saturated carbocycles. The Labute approximate surface area is 416 Å². The second-order valence-corrected chi connectivity index (χ2v) is 19.6. The van der Waals surface area contributed by atoms with Crippen LogP contribution in [0.25, 0.3) is 0 Å². The van der Waals surface area contributed by atoms with Crippen LogP contribution in [0, 0.1) is 11.8 Å². The maximum absolute atomic E-state index is 15.0. The minimum Gasteiger partial charge on any atom is -0.495 e. The van der Waals surface area contributed by atoms with Crippen molar-refractivity contribution in [2.45, 2.75) is 134 Å². The first kappa shape index (κ1) is 59.9. The number of ether oxygens (including phenoxy) is 2. The zero-order valence-corrected chi connectivity index (χ0v) is 42.5. The lowest BCUT2D eigenvalue weighted by Gasteiger charge is -2.44. The normalized spacial score (nSPS) is 25.7. The van der Waals surface area contributed by atoms with Crippen molar-refractivity contribution in [2.75, 3.05) is 27.3 Å². The minimum absolute atomic E-state index is 0.0182. The summed E-state index contributed by atoms with van der Waals surface area (Å²) >= 11 is 6.45. The molecule has 11 N–H and O–H groups in total. The van der Waals surface area contributed by atoms with Crippen LogP contribution < -0.4 is 37.5 Å². The van der Waals surface area contributed by atoms with Gasteiger partial charge in [0, 0.05) is 20.0 Å². The van der Waals surface area contributed by atoms with Crippen molar-refractivity contribution in [2.24, 2.45) is 28.3 Å². The van der Waals surface area contributed by atoms with Crippen LogP contribution in [-0.4, -0.2) is 170 Å². The summed E-state index contributed by atoms with van der Waals surface area (Å²) in [6.45, 7) is 5.98. The number of methoxy groups -OCH3 is 1. The second kappa shape index (κ2) is 26.3. The van der Waals surface area contributed by atoms with Crippen LogP contribution in [0.15, 0.2) is 23.2 Å². The van der Waals surface area contributed by atoms with Crippen LogP contribution in [0.2, 0.25) is 5.02 Å². The van der Waals surface area contributed by atoms with E-state index >= 15 is 0 Å². The monoisotopic (exact) mass is 1070 g/mol. The van der Waals surface area contributed by atoms with Crippen molar-refractivity contribution in [3.8, 4) is 5.75 Å². The standard InChI is InChI=1S/C41H64ClN9O18S2/c1-8-20(3)31-40(59)68-22(5)32(49-36(55)29(69-71(63,64)65)19-67-70(60,61)62)37(56)46-25(11-10-16-45-41(43)44)34(53)47-26-13-15-30(52)51(38(26)57)33(21(4)9-2)39(58)50(6)27(35(54)48-31)18-23-12-14-28(66-7)24(42)17-23/h12,14,17,20-22,25-27,29-33,52H,8-11,13,15-16,18-19H2,1-7H3,(H,46,56)(H,47,53)(H,48,54)(H,49,55)(H4,43,44,45)(H,60,61,62)(H,63,64,65)/t20-,21-,22+,25?,26-,27-,29+,30+,31-,32?,33?/m0/s1. The SMILES string of the molecule is CC[C@H](C)C1C(=O)N(C)[C@@H](Cc2ccc(OC)c(Cl)c2)C(=O)N[C@@H]([C@@H](C)CC)C(=O)O[C@H](C)C(NC(=O)[C@@H](COS(=O)(=O)O)OS(=O)(=O)O)C(=O)NC(CCCN=C(N)N)C(=O)N[C@H]2CC[C@@H](O)N1C2=O. The Bertz CT molecular complexity index is 2360. The molecule has 3 unspecified atom stereocenters. The van der Waals surface area contributed by atoms with Crippen molar-refractivity contribution in [1.29, 1.82) is 0 Å². The fraction of sp³-hybridized carbons (Fsp3) is 0.659. The summed E-state index contributed by atoms with van der Waals surface area (Å²) < 4.78 is 84.0. The van der Waals surface area contributed by atoms with E-state index in [0.717, 1.165) is 16.7 Å². The molecule has 71 heavy (non-hydrogen) atoms. The number of guanidine groups is 1. The molecule has 2 saturated heterocycles. The summed E-state index contributed by atoms with van der Waals surface area (Å²) in [5.74, 6) is -9.37. The predicted molar refractivity (Wildman–Crippen MR) is 250 cm³/mol. The van der Waals surface area contributed by atoms with Gasteiger partial charge in [0.25, 0.3) is 5.91 Å². The van der Waals surface area contributed by atoms with Gasteiger partial charge in [-0.2, -0.15) is 16.8 Å². The number of amides is 6. The number of carbonyl (C=O) groups excluding carboxylic acids is 7. The lowest BCUT2D eigenvalue weighted by Crippen LogP contribution is -2.66.